The van der Waals surface area contributed by atoms with E-state index >= 15 is 0 Å². The molecule has 0 aromatic heterocycles. The van der Waals surface area contributed by atoms with Crippen LogP contribution < -0.4 is 0 Å². The molecular formula is C21H21NO6S. The third-order valence-electron chi connectivity index (χ3n) is 4.85. The van der Waals surface area contributed by atoms with Gasteiger partial charge in [0.25, 0.3) is 10.0 Å². The van der Waals surface area contributed by atoms with Gasteiger partial charge < -0.3 is 4.74 Å². The van der Waals surface area contributed by atoms with E-state index in [4.69, 9.17) is 0 Å². The van der Waals surface area contributed by atoms with Crippen LogP contribution in [0.4, 0.5) is 0 Å². The van der Waals surface area contributed by atoms with Gasteiger partial charge in [0.1, 0.15) is 0 Å². The smallest absolute Gasteiger partial charge is 0.337 e. The van der Waals surface area contributed by atoms with Gasteiger partial charge in [0.2, 0.25) is 5.91 Å². The van der Waals surface area contributed by atoms with Crippen molar-refractivity contribution in [1.82, 2.24) is 4.31 Å². The highest BCUT2D eigenvalue weighted by Crippen LogP contribution is 2.26. The van der Waals surface area contributed by atoms with Crippen molar-refractivity contribution >= 4 is 27.7 Å². The van der Waals surface area contributed by atoms with Gasteiger partial charge in [-0.1, -0.05) is 36.4 Å². The number of rotatable bonds is 5. The third-order valence-corrected chi connectivity index (χ3v) is 6.59. The average molecular weight is 415 g/mol. The Morgan fingerprint density at radius 1 is 1.10 bits per heavy atom. The molecule has 1 atom stereocenters. The number of nitrogens with zero attached hydrogens (tertiary/aromatic N) is 1. The molecule has 0 N–H and O–H groups in total. The molecule has 3 rings (SSSR count). The summed E-state index contributed by atoms with van der Waals surface area (Å²) < 4.78 is 31.6. The second-order valence-corrected chi connectivity index (χ2v) is 8.70. The fourth-order valence-electron chi connectivity index (χ4n) is 3.30. The van der Waals surface area contributed by atoms with E-state index in [0.717, 1.165) is 11.6 Å². The van der Waals surface area contributed by atoms with Crippen molar-refractivity contribution in [2.45, 2.75) is 24.2 Å². The first-order chi connectivity index (χ1) is 13.8. The lowest BCUT2D eigenvalue weighted by Crippen LogP contribution is -2.42. The SMILES string of the molecule is COC(=O)c1cccc(S(=O)(=O)N2CC(=O)CCC(Cc3ccccc3)C2=O)c1. The Morgan fingerprint density at radius 2 is 1.83 bits per heavy atom. The van der Waals surface area contributed by atoms with E-state index in [1.54, 1.807) is 0 Å². The van der Waals surface area contributed by atoms with Gasteiger partial charge in [0.05, 0.1) is 24.1 Å². The second kappa shape index (κ2) is 8.57. The summed E-state index contributed by atoms with van der Waals surface area (Å²) in [6.45, 7) is -0.505. The van der Waals surface area contributed by atoms with E-state index in [-0.39, 0.29) is 22.7 Å². The summed E-state index contributed by atoms with van der Waals surface area (Å²) in [4.78, 5) is 36.8. The molecule has 7 nitrogen and oxygen atoms in total. The predicted octanol–water partition coefficient (Wildman–Crippen LogP) is 2.21. The summed E-state index contributed by atoms with van der Waals surface area (Å²) in [5, 5.41) is 0. The zero-order valence-electron chi connectivity index (χ0n) is 15.9. The summed E-state index contributed by atoms with van der Waals surface area (Å²) in [6.07, 6.45) is 0.777. The molecule has 2 aromatic carbocycles. The minimum atomic E-state index is -4.30. The number of ether oxygens (including phenoxy) is 1. The molecule has 1 heterocycles. The van der Waals surface area contributed by atoms with Crippen LogP contribution >= 0.6 is 0 Å². The molecule has 0 spiro atoms. The summed E-state index contributed by atoms with van der Waals surface area (Å²) in [5.41, 5.74) is 0.938. The van der Waals surface area contributed by atoms with E-state index in [2.05, 4.69) is 4.74 Å². The molecular weight excluding hydrogens is 394 g/mol. The molecule has 1 aliphatic heterocycles. The number of hydrogen-bond acceptors (Lipinski definition) is 6. The van der Waals surface area contributed by atoms with E-state index in [1.807, 2.05) is 30.3 Å². The number of Topliss-reactive ketones (excluding diaryl/α,β-unsaturated/α-hetero) is 1. The quantitative estimate of drug-likeness (QED) is 0.695. The molecule has 1 fully saturated rings. The van der Waals surface area contributed by atoms with Crippen molar-refractivity contribution in [3.63, 3.8) is 0 Å². The predicted molar refractivity (Wildman–Crippen MR) is 105 cm³/mol. The minimum absolute atomic E-state index is 0.0445. The van der Waals surface area contributed by atoms with Gasteiger partial charge in [-0.25, -0.2) is 17.5 Å². The maximum Gasteiger partial charge on any atom is 0.337 e. The van der Waals surface area contributed by atoms with Crippen LogP contribution in [0.5, 0.6) is 0 Å². The molecule has 0 radical (unpaired) electrons. The Labute approximate surface area is 169 Å². The normalized spacial score (nSPS) is 17.7. The van der Waals surface area contributed by atoms with Gasteiger partial charge in [-0.15, -0.1) is 0 Å². The van der Waals surface area contributed by atoms with Crippen LogP contribution in [0.15, 0.2) is 59.5 Å². The highest BCUT2D eigenvalue weighted by Gasteiger charge is 2.38. The Kier molecular flexibility index (Phi) is 6.12. The van der Waals surface area contributed by atoms with Crippen molar-refractivity contribution in [1.29, 1.82) is 0 Å². The molecule has 0 aliphatic carbocycles. The Morgan fingerprint density at radius 3 is 2.52 bits per heavy atom. The van der Waals surface area contributed by atoms with Crippen molar-refractivity contribution in [3.8, 4) is 0 Å². The number of sulfonamides is 1. The lowest BCUT2D eigenvalue weighted by Gasteiger charge is -2.23. The minimum Gasteiger partial charge on any atom is -0.465 e. The first kappa shape index (κ1) is 20.7. The molecule has 2 aromatic rings. The maximum atomic E-state index is 13.2. The molecule has 1 aliphatic rings. The number of ketones is 1. The molecule has 152 valence electrons. The zero-order valence-corrected chi connectivity index (χ0v) is 16.7. The molecule has 1 unspecified atom stereocenters. The van der Waals surface area contributed by atoms with Crippen LogP contribution in [0.3, 0.4) is 0 Å². The van der Waals surface area contributed by atoms with Crippen LogP contribution in [0.25, 0.3) is 0 Å². The summed E-state index contributed by atoms with van der Waals surface area (Å²) >= 11 is 0. The largest absolute Gasteiger partial charge is 0.465 e. The van der Waals surface area contributed by atoms with Crippen LogP contribution in [-0.2, 0) is 30.8 Å². The highest BCUT2D eigenvalue weighted by atomic mass is 32.2. The zero-order chi connectivity index (χ0) is 21.0. The number of esters is 1. The fourth-order valence-corrected chi connectivity index (χ4v) is 4.78. The van der Waals surface area contributed by atoms with Gasteiger partial charge in [-0.05, 0) is 36.6 Å². The number of hydrogen-bond donors (Lipinski definition) is 0. The summed E-state index contributed by atoms with van der Waals surface area (Å²) in [7, 11) is -3.11. The van der Waals surface area contributed by atoms with Gasteiger partial charge in [-0.3, -0.25) is 9.59 Å². The van der Waals surface area contributed by atoms with Crippen LogP contribution in [0, 0.1) is 5.92 Å². The lowest BCUT2D eigenvalue weighted by molar-refractivity contribution is -0.131. The first-order valence-electron chi connectivity index (χ1n) is 9.13. The van der Waals surface area contributed by atoms with E-state index < -0.39 is 34.4 Å². The van der Waals surface area contributed by atoms with E-state index in [1.165, 1.54) is 25.3 Å². The molecule has 29 heavy (non-hydrogen) atoms. The average Bonchev–Trinajstić information content (AvgIpc) is 2.88. The second-order valence-electron chi connectivity index (χ2n) is 6.83. The highest BCUT2D eigenvalue weighted by molar-refractivity contribution is 7.89. The number of methoxy groups -OCH3 is 1. The third kappa shape index (κ3) is 4.54. The van der Waals surface area contributed by atoms with Crippen molar-refractivity contribution in [3.05, 3.63) is 65.7 Å². The topological polar surface area (TPSA) is 97.8 Å². The van der Waals surface area contributed by atoms with Crippen LogP contribution in [-0.4, -0.2) is 44.0 Å². The Balaban J connectivity index is 1.95. The Hall–Kier alpha value is -3.00. The van der Waals surface area contributed by atoms with Crippen molar-refractivity contribution < 1.29 is 27.5 Å². The van der Waals surface area contributed by atoms with Gasteiger partial charge in [-0.2, -0.15) is 0 Å². The Bertz CT molecular complexity index is 1030. The molecule has 0 bridgehead atoms. The van der Waals surface area contributed by atoms with Crippen molar-refractivity contribution in [2.75, 3.05) is 13.7 Å². The van der Waals surface area contributed by atoms with Gasteiger partial charge in [0.15, 0.2) is 5.78 Å². The molecule has 1 amide bonds. The van der Waals surface area contributed by atoms with Gasteiger partial charge in [0, 0.05) is 12.3 Å². The van der Waals surface area contributed by atoms with Crippen LogP contribution in [0.2, 0.25) is 0 Å². The molecule has 0 saturated carbocycles. The number of benzene rings is 2. The van der Waals surface area contributed by atoms with Crippen molar-refractivity contribution in [2.24, 2.45) is 5.92 Å². The molecule has 8 heteroatoms. The summed E-state index contributed by atoms with van der Waals surface area (Å²) in [5.74, 6) is -2.24. The van der Waals surface area contributed by atoms with E-state index in [0.29, 0.717) is 17.1 Å². The fraction of sp³-hybridized carbons (Fsp3) is 0.286. The summed E-state index contributed by atoms with van der Waals surface area (Å²) in [6, 6.07) is 14.5. The maximum absolute atomic E-state index is 13.2. The van der Waals surface area contributed by atoms with Gasteiger partial charge >= 0.3 is 5.97 Å². The standard InChI is InChI=1S/C21H21NO6S/c1-28-21(25)17-8-5-9-19(13-17)29(26,27)22-14-18(23)11-10-16(20(22)24)12-15-6-3-2-4-7-15/h2-9,13,16H,10-12,14H2,1H3. The van der Waals surface area contributed by atoms with Crippen LogP contribution in [0.1, 0.15) is 28.8 Å². The number of amides is 1. The first-order valence-corrected chi connectivity index (χ1v) is 10.6. The lowest BCUT2D eigenvalue weighted by atomic mass is 9.94. The van der Waals surface area contributed by atoms with E-state index in [9.17, 15) is 22.8 Å². The number of carbonyl (C=O) groups excluding carboxylic acids is 3. The monoisotopic (exact) mass is 415 g/mol. The molecule has 1 saturated heterocycles. The number of carbonyl (C=O) groups is 3.